The second-order valence-electron chi connectivity index (χ2n) is 11.5. The van der Waals surface area contributed by atoms with Crippen LogP contribution in [0.3, 0.4) is 0 Å². The molecule has 0 saturated heterocycles. The van der Waals surface area contributed by atoms with E-state index in [2.05, 4.69) is 17.6 Å². The van der Waals surface area contributed by atoms with E-state index in [1.807, 2.05) is 52.8 Å². The Morgan fingerprint density at radius 2 is 1.65 bits per heavy atom. The molecule has 9 heteroatoms. The van der Waals surface area contributed by atoms with Crippen LogP contribution < -0.4 is 16.4 Å². The van der Waals surface area contributed by atoms with Crippen LogP contribution in [-0.4, -0.2) is 52.4 Å². The van der Waals surface area contributed by atoms with Crippen LogP contribution in [0.5, 0.6) is 0 Å². The van der Waals surface area contributed by atoms with Gasteiger partial charge in [-0.1, -0.05) is 43.5 Å². The molecule has 0 radical (unpaired) electrons. The predicted octanol–water partition coefficient (Wildman–Crippen LogP) is 4.05. The number of unbranched alkanes of at least 4 members (excludes halogenated alkanes) is 2. The van der Waals surface area contributed by atoms with Crippen LogP contribution in [-0.2, 0) is 19.1 Å². The minimum absolute atomic E-state index is 0.330. The van der Waals surface area contributed by atoms with Crippen LogP contribution in [0.1, 0.15) is 96.9 Å². The third kappa shape index (κ3) is 10.4. The number of aryl methyl sites for hydroxylation is 2. The Morgan fingerprint density at radius 1 is 1.03 bits per heavy atom. The lowest BCUT2D eigenvalue weighted by Crippen LogP contribution is -2.59. The smallest absolute Gasteiger partial charge is 0.408 e. The van der Waals surface area contributed by atoms with Crippen molar-refractivity contribution in [3.05, 3.63) is 34.9 Å². The molecular formula is C28H46N4O5. The maximum absolute atomic E-state index is 14.1. The maximum Gasteiger partial charge on any atom is 0.408 e. The zero-order valence-corrected chi connectivity index (χ0v) is 24.0. The van der Waals surface area contributed by atoms with E-state index in [9.17, 15) is 19.2 Å². The Hall–Kier alpha value is -3.10. The Morgan fingerprint density at radius 3 is 2.16 bits per heavy atom. The first-order chi connectivity index (χ1) is 17.0. The van der Waals surface area contributed by atoms with Crippen molar-refractivity contribution in [3.63, 3.8) is 0 Å². The topological polar surface area (TPSA) is 131 Å². The van der Waals surface area contributed by atoms with Crippen LogP contribution in [0.4, 0.5) is 4.79 Å². The number of nitrogens with one attached hydrogen (secondary N) is 2. The molecule has 0 spiro atoms. The Bertz CT molecular complexity index is 962. The lowest BCUT2D eigenvalue weighted by Gasteiger charge is -2.43. The number of hydrogen-bond donors (Lipinski definition) is 3. The Labute approximate surface area is 221 Å². The van der Waals surface area contributed by atoms with Crippen LogP contribution in [0.2, 0.25) is 0 Å². The number of ether oxygens (including phenoxy) is 1. The number of rotatable bonds is 11. The molecule has 1 rings (SSSR count). The summed E-state index contributed by atoms with van der Waals surface area (Å²) in [5.74, 6) is -1.70. The minimum atomic E-state index is -1.31. The van der Waals surface area contributed by atoms with E-state index in [0.29, 0.717) is 12.1 Å². The second-order valence-corrected chi connectivity index (χ2v) is 11.5. The number of nitrogens with zero attached hydrogens (tertiary/aromatic N) is 1. The van der Waals surface area contributed by atoms with Crippen molar-refractivity contribution < 1.29 is 23.9 Å². The summed E-state index contributed by atoms with van der Waals surface area (Å²) < 4.78 is 5.32. The summed E-state index contributed by atoms with van der Waals surface area (Å²) in [7, 11) is 0. The average Bonchev–Trinajstić information content (AvgIpc) is 2.73. The summed E-state index contributed by atoms with van der Waals surface area (Å²) >= 11 is 0. The van der Waals surface area contributed by atoms with Crippen LogP contribution in [0, 0.1) is 13.8 Å². The van der Waals surface area contributed by atoms with Gasteiger partial charge in [0, 0.05) is 12.1 Å². The van der Waals surface area contributed by atoms with Gasteiger partial charge in [-0.05, 0) is 72.9 Å². The van der Waals surface area contributed by atoms with Gasteiger partial charge in [-0.3, -0.25) is 14.4 Å². The fourth-order valence-corrected chi connectivity index (χ4v) is 4.00. The van der Waals surface area contributed by atoms with Gasteiger partial charge in [0.1, 0.15) is 17.7 Å². The van der Waals surface area contributed by atoms with Crippen LogP contribution in [0.25, 0.3) is 0 Å². The molecule has 0 aliphatic rings. The Kier molecular flexibility index (Phi) is 11.6. The van der Waals surface area contributed by atoms with Gasteiger partial charge in [0.15, 0.2) is 0 Å². The first-order valence-electron chi connectivity index (χ1n) is 12.9. The van der Waals surface area contributed by atoms with Crippen LogP contribution >= 0.6 is 0 Å². The summed E-state index contributed by atoms with van der Waals surface area (Å²) in [4.78, 5) is 53.7. The van der Waals surface area contributed by atoms with Gasteiger partial charge < -0.3 is 26.0 Å². The number of carbonyl (C=O) groups is 4. The van der Waals surface area contributed by atoms with E-state index in [-0.39, 0.29) is 5.91 Å². The highest BCUT2D eigenvalue weighted by Gasteiger charge is 2.42. The van der Waals surface area contributed by atoms with Crippen molar-refractivity contribution >= 4 is 23.8 Å². The number of benzene rings is 1. The molecule has 0 aromatic heterocycles. The van der Waals surface area contributed by atoms with Crippen molar-refractivity contribution in [2.75, 3.05) is 6.54 Å². The van der Waals surface area contributed by atoms with Crippen molar-refractivity contribution in [2.24, 2.45) is 5.73 Å². The molecule has 0 bridgehead atoms. The zero-order chi connectivity index (χ0) is 28.6. The summed E-state index contributed by atoms with van der Waals surface area (Å²) in [6, 6.07) is 3.44. The highest BCUT2D eigenvalue weighted by molar-refractivity contribution is 5.95. The molecule has 0 saturated carbocycles. The number of nitrogens with two attached hydrogens (primary N) is 1. The zero-order valence-electron chi connectivity index (χ0n) is 24.0. The molecule has 1 aromatic rings. The molecule has 1 aromatic carbocycles. The van der Waals surface area contributed by atoms with Gasteiger partial charge in [0.05, 0.1) is 6.42 Å². The highest BCUT2D eigenvalue weighted by Crippen LogP contribution is 2.32. The average molecular weight is 519 g/mol. The quantitative estimate of drug-likeness (QED) is 0.381. The fourth-order valence-electron chi connectivity index (χ4n) is 4.00. The normalized spacial score (nSPS) is 13.3. The van der Waals surface area contributed by atoms with E-state index >= 15 is 0 Å². The Balaban J connectivity index is 3.59. The van der Waals surface area contributed by atoms with Crippen molar-refractivity contribution in [3.8, 4) is 0 Å². The van der Waals surface area contributed by atoms with E-state index in [0.717, 1.165) is 30.4 Å². The molecule has 2 unspecified atom stereocenters. The van der Waals surface area contributed by atoms with Crippen molar-refractivity contribution in [1.29, 1.82) is 0 Å². The monoisotopic (exact) mass is 518 g/mol. The summed E-state index contributed by atoms with van der Waals surface area (Å²) in [6.45, 7) is 16.9. The second kappa shape index (κ2) is 13.4. The van der Waals surface area contributed by atoms with E-state index in [4.69, 9.17) is 10.5 Å². The highest BCUT2D eigenvalue weighted by atomic mass is 16.6. The van der Waals surface area contributed by atoms with Crippen molar-refractivity contribution in [2.45, 2.75) is 111 Å². The molecule has 4 N–H and O–H groups in total. The first kappa shape index (κ1) is 31.9. The molecule has 0 fully saturated rings. The third-order valence-corrected chi connectivity index (χ3v) is 5.67. The standard InChI is InChI=1S/C28H46N4O5/c1-10-11-12-15-30-24(34)23(20-16-18(2)13-14-19(20)3)32(27(4,5)6)25(35)21(17-22(29)33)31-26(36)37-28(7,8)9/h13-14,16,21,23H,10-12,15,17H2,1-9H3,(H2,29,33)(H,30,34)(H,31,36). The molecule has 37 heavy (non-hydrogen) atoms. The minimum Gasteiger partial charge on any atom is -0.444 e. The largest absolute Gasteiger partial charge is 0.444 e. The fraction of sp³-hybridized carbons (Fsp3) is 0.643. The van der Waals surface area contributed by atoms with Gasteiger partial charge in [0.25, 0.3) is 0 Å². The molecule has 0 aliphatic carbocycles. The van der Waals surface area contributed by atoms with E-state index in [1.165, 1.54) is 4.90 Å². The summed E-state index contributed by atoms with van der Waals surface area (Å²) in [6.07, 6.45) is 1.50. The first-order valence-corrected chi connectivity index (χ1v) is 12.9. The molecule has 208 valence electrons. The molecule has 9 nitrogen and oxygen atoms in total. The number of alkyl carbamates (subject to hydrolysis) is 1. The maximum atomic E-state index is 14.1. The van der Waals surface area contributed by atoms with E-state index in [1.54, 1.807) is 20.8 Å². The number of carbonyl (C=O) groups excluding carboxylic acids is 4. The predicted molar refractivity (Wildman–Crippen MR) is 145 cm³/mol. The lowest BCUT2D eigenvalue weighted by atomic mass is 9.91. The number of hydrogen-bond acceptors (Lipinski definition) is 5. The van der Waals surface area contributed by atoms with Gasteiger partial charge in [-0.2, -0.15) is 0 Å². The lowest BCUT2D eigenvalue weighted by molar-refractivity contribution is -0.149. The third-order valence-electron chi connectivity index (χ3n) is 5.67. The van der Waals surface area contributed by atoms with Gasteiger partial charge in [0.2, 0.25) is 17.7 Å². The molecule has 0 heterocycles. The summed E-state index contributed by atoms with van der Waals surface area (Å²) in [5.41, 5.74) is 6.23. The van der Waals surface area contributed by atoms with Gasteiger partial charge >= 0.3 is 6.09 Å². The molecule has 2 atom stereocenters. The number of primary amides is 1. The SMILES string of the molecule is CCCCCNC(=O)C(c1cc(C)ccc1C)N(C(=O)C(CC(N)=O)NC(=O)OC(C)(C)C)C(C)(C)C. The van der Waals surface area contributed by atoms with Crippen LogP contribution in [0.15, 0.2) is 18.2 Å². The van der Waals surface area contributed by atoms with Crippen molar-refractivity contribution in [1.82, 2.24) is 15.5 Å². The van der Waals surface area contributed by atoms with E-state index < -0.39 is 47.6 Å². The molecule has 4 amide bonds. The molecule has 0 aliphatic heterocycles. The number of amides is 4. The molecular weight excluding hydrogens is 472 g/mol. The van der Waals surface area contributed by atoms with Gasteiger partial charge in [-0.15, -0.1) is 0 Å². The van der Waals surface area contributed by atoms with Gasteiger partial charge in [-0.25, -0.2) is 4.79 Å². The summed E-state index contributed by atoms with van der Waals surface area (Å²) in [5, 5.41) is 5.49.